The maximum atomic E-state index is 5.13. The highest BCUT2D eigenvalue weighted by molar-refractivity contribution is 5.99. The van der Waals surface area contributed by atoms with Crippen LogP contribution in [0.4, 0.5) is 5.82 Å². The van der Waals surface area contributed by atoms with Gasteiger partial charge in [0.05, 0.1) is 33.5 Å². The molecular formula is C45H39N15. The van der Waals surface area contributed by atoms with Crippen LogP contribution < -0.4 is 10.2 Å². The van der Waals surface area contributed by atoms with Crippen molar-refractivity contribution < 1.29 is 0 Å². The number of imidazole rings is 3. The van der Waals surface area contributed by atoms with E-state index in [2.05, 4.69) is 66.8 Å². The first-order chi connectivity index (χ1) is 29.7. The average Bonchev–Trinajstić information content (AvgIpc) is 4.16. The summed E-state index contributed by atoms with van der Waals surface area (Å²) >= 11 is 0. The summed E-state index contributed by atoms with van der Waals surface area (Å²) in [6.45, 7) is 3.84. The molecule has 0 atom stereocenters. The molecule has 5 N–H and O–H groups in total. The lowest BCUT2D eigenvalue weighted by Crippen LogP contribution is -2.30. The van der Waals surface area contributed by atoms with Crippen LogP contribution in [0.15, 0.2) is 97.9 Å². The molecular weight excluding hydrogens is 751 g/mol. The number of piperidine rings is 1. The fourth-order valence-corrected chi connectivity index (χ4v) is 8.83. The second kappa shape index (κ2) is 14.1. The third-order valence-electron chi connectivity index (χ3n) is 11.8. The molecule has 2 aromatic carbocycles. The molecule has 15 heteroatoms. The lowest BCUT2D eigenvalue weighted by atomic mass is 9.98. The number of H-pyrrole nitrogens is 4. The number of nitrogens with one attached hydrogen (secondary N) is 5. The van der Waals surface area contributed by atoms with Gasteiger partial charge in [-0.1, -0.05) is 18.2 Å². The smallest absolute Gasteiger partial charge is 0.166 e. The van der Waals surface area contributed by atoms with Gasteiger partial charge in [-0.15, -0.1) is 0 Å². The Morgan fingerprint density at radius 2 is 1.50 bits per heavy atom. The van der Waals surface area contributed by atoms with Gasteiger partial charge in [-0.05, 0) is 97.5 Å². The summed E-state index contributed by atoms with van der Waals surface area (Å²) in [7, 11) is 0. The van der Waals surface area contributed by atoms with Crippen molar-refractivity contribution >= 4 is 55.3 Å². The molecule has 60 heavy (non-hydrogen) atoms. The van der Waals surface area contributed by atoms with E-state index in [0.717, 1.165) is 129 Å². The van der Waals surface area contributed by atoms with Gasteiger partial charge in [0.1, 0.15) is 28.7 Å². The van der Waals surface area contributed by atoms with Crippen molar-refractivity contribution in [3.8, 4) is 40.1 Å². The average molecular weight is 790 g/mol. The molecule has 294 valence electrons. The maximum Gasteiger partial charge on any atom is 0.166 e. The highest BCUT2D eigenvalue weighted by Crippen LogP contribution is 2.36. The van der Waals surface area contributed by atoms with E-state index in [9.17, 15) is 0 Å². The van der Waals surface area contributed by atoms with Gasteiger partial charge in [0.15, 0.2) is 23.3 Å². The number of fused-ring (bicyclic) bond motifs is 4. The van der Waals surface area contributed by atoms with Crippen molar-refractivity contribution in [3.05, 3.63) is 115 Å². The van der Waals surface area contributed by atoms with Crippen LogP contribution >= 0.6 is 0 Å². The van der Waals surface area contributed by atoms with Gasteiger partial charge in [0.2, 0.25) is 0 Å². The number of hydrogen-bond acceptors (Lipinski definition) is 10. The summed E-state index contributed by atoms with van der Waals surface area (Å²) in [5.74, 6) is 2.99. The number of benzene rings is 2. The largest absolute Gasteiger partial charge is 0.355 e. The predicted molar refractivity (Wildman–Crippen MR) is 233 cm³/mol. The number of rotatable bonds is 8. The molecule has 1 fully saturated rings. The second-order valence-corrected chi connectivity index (χ2v) is 15.6. The Morgan fingerprint density at radius 1 is 0.667 bits per heavy atom. The lowest BCUT2D eigenvalue weighted by molar-refractivity contribution is 0.574. The Morgan fingerprint density at radius 3 is 2.35 bits per heavy atom. The number of aromatic amines is 4. The molecule has 10 aromatic rings. The van der Waals surface area contributed by atoms with Crippen LogP contribution in [-0.4, -0.2) is 91.0 Å². The molecule has 12 rings (SSSR count). The fourth-order valence-electron chi connectivity index (χ4n) is 8.83. The molecule has 10 heterocycles. The van der Waals surface area contributed by atoms with Crippen LogP contribution in [0.25, 0.3) is 89.6 Å². The van der Waals surface area contributed by atoms with Crippen molar-refractivity contribution in [2.45, 2.75) is 32.1 Å². The van der Waals surface area contributed by atoms with Crippen LogP contribution in [-0.2, 0) is 6.42 Å². The molecule has 0 aliphatic carbocycles. The first kappa shape index (κ1) is 34.5. The first-order valence-corrected chi connectivity index (χ1v) is 20.5. The Bertz CT molecular complexity index is 3250. The zero-order chi connectivity index (χ0) is 39.6. The third kappa shape index (κ3) is 5.92. The van der Waals surface area contributed by atoms with E-state index in [-0.39, 0.29) is 0 Å². The van der Waals surface area contributed by atoms with E-state index < -0.39 is 0 Å². The van der Waals surface area contributed by atoms with Crippen molar-refractivity contribution in [1.29, 1.82) is 0 Å². The molecule has 2 aliphatic heterocycles. The minimum atomic E-state index is 0.521. The first-order valence-electron chi connectivity index (χ1n) is 20.5. The highest BCUT2D eigenvalue weighted by Gasteiger charge is 2.22. The highest BCUT2D eigenvalue weighted by atomic mass is 15.2. The normalized spacial score (nSPS) is 14.9. The Kier molecular flexibility index (Phi) is 8.11. The SMILES string of the molecule is C1=C(c2ccc3[nH]nc(-c4nc5c(-n6cnc(Cc7cc(-c8ccccn8)cc8c(-c9nc%10c(N%11CCCCC%11)nccc%10[nH]9)[nH]nc78)c6)nccc5[nH]4)c3c2)CCNC1. The van der Waals surface area contributed by atoms with Crippen LogP contribution in [0.1, 0.15) is 42.5 Å². The maximum absolute atomic E-state index is 5.13. The van der Waals surface area contributed by atoms with Crippen LogP contribution in [0.3, 0.4) is 0 Å². The zero-order valence-electron chi connectivity index (χ0n) is 32.6. The second-order valence-electron chi connectivity index (χ2n) is 15.6. The molecule has 2 aliphatic rings. The van der Waals surface area contributed by atoms with E-state index in [0.29, 0.717) is 23.9 Å². The molecule has 8 aromatic heterocycles. The quantitative estimate of drug-likeness (QED) is 0.103. The van der Waals surface area contributed by atoms with Crippen molar-refractivity contribution in [2.24, 2.45) is 0 Å². The molecule has 0 radical (unpaired) electrons. The van der Waals surface area contributed by atoms with E-state index >= 15 is 0 Å². The van der Waals surface area contributed by atoms with E-state index in [1.807, 2.05) is 53.5 Å². The molecule has 0 unspecified atom stereocenters. The van der Waals surface area contributed by atoms with Crippen LogP contribution in [0, 0.1) is 0 Å². The standard InChI is InChI=1S/C45H39N15/c1-4-18-59(19-5-1)44-40-35(11-16-48-44)52-43(53-40)39-32-23-28(33-6-2-3-13-47-33)20-29(37(32)56-58-39)21-30-24-60(25-50-30)45-41-36(12-17-49-45)51-42(54-41)38-31-22-27(7-8-34(31)55-57-38)26-9-14-46-15-10-26/h2-3,6-9,11-13,16-17,20,22-25,46H,1,4-5,10,14-15,18-19,21H2,(H,51,54)(H,52,53)(H,55,57)(H,56,58). The van der Waals surface area contributed by atoms with Crippen molar-refractivity contribution in [1.82, 2.24) is 70.2 Å². The van der Waals surface area contributed by atoms with Crippen LogP contribution in [0.2, 0.25) is 0 Å². The number of aromatic nitrogens is 13. The lowest BCUT2D eigenvalue weighted by Gasteiger charge is -2.27. The fraction of sp³-hybridized carbons (Fsp3) is 0.200. The molecule has 0 bridgehead atoms. The van der Waals surface area contributed by atoms with E-state index in [1.54, 1.807) is 12.5 Å². The van der Waals surface area contributed by atoms with E-state index in [1.165, 1.54) is 17.6 Å². The monoisotopic (exact) mass is 789 g/mol. The molecule has 0 saturated carbocycles. The summed E-state index contributed by atoms with van der Waals surface area (Å²) in [6, 6.07) is 20.7. The summed E-state index contributed by atoms with van der Waals surface area (Å²) in [5.41, 5.74) is 13.0. The van der Waals surface area contributed by atoms with Gasteiger partial charge in [-0.3, -0.25) is 19.7 Å². The Balaban J connectivity index is 0.899. The number of anilines is 1. The minimum Gasteiger partial charge on any atom is -0.355 e. The van der Waals surface area contributed by atoms with E-state index in [4.69, 9.17) is 40.1 Å². The number of hydrogen-bond donors (Lipinski definition) is 5. The molecule has 0 amide bonds. The van der Waals surface area contributed by atoms with Gasteiger partial charge in [0.25, 0.3) is 0 Å². The zero-order valence-corrected chi connectivity index (χ0v) is 32.6. The summed E-state index contributed by atoms with van der Waals surface area (Å²) in [4.78, 5) is 38.8. The predicted octanol–water partition coefficient (Wildman–Crippen LogP) is 7.52. The van der Waals surface area contributed by atoms with Gasteiger partial charge < -0.3 is 20.2 Å². The van der Waals surface area contributed by atoms with Crippen molar-refractivity contribution in [3.63, 3.8) is 0 Å². The van der Waals surface area contributed by atoms with Gasteiger partial charge in [0, 0.05) is 67.2 Å². The summed E-state index contributed by atoms with van der Waals surface area (Å²) in [5, 5.41) is 21.5. The van der Waals surface area contributed by atoms with Gasteiger partial charge in [-0.2, -0.15) is 10.2 Å². The van der Waals surface area contributed by atoms with Crippen molar-refractivity contribution in [2.75, 3.05) is 31.1 Å². The van der Waals surface area contributed by atoms with Crippen LogP contribution in [0.5, 0.6) is 0 Å². The summed E-state index contributed by atoms with van der Waals surface area (Å²) < 4.78 is 1.94. The molecule has 1 saturated heterocycles. The van der Waals surface area contributed by atoms with Gasteiger partial charge >= 0.3 is 0 Å². The summed E-state index contributed by atoms with van der Waals surface area (Å²) in [6.07, 6.45) is 16.6. The Labute approximate surface area is 342 Å². The Hall–Kier alpha value is -7.52. The third-order valence-corrected chi connectivity index (χ3v) is 11.8. The van der Waals surface area contributed by atoms with Gasteiger partial charge in [-0.25, -0.2) is 24.9 Å². The number of pyridine rings is 3. The molecule has 0 spiro atoms. The number of nitrogens with zero attached hydrogens (tertiary/aromatic N) is 10. The minimum absolute atomic E-state index is 0.521. The topological polar surface area (TPSA) is 186 Å². The molecule has 15 nitrogen and oxygen atoms in total.